The van der Waals surface area contributed by atoms with E-state index in [1.807, 2.05) is 33.9 Å². The zero-order chi connectivity index (χ0) is 15.1. The maximum atomic E-state index is 6.01. The summed E-state index contributed by atoms with van der Waals surface area (Å²) in [4.78, 5) is 11.0. The molecule has 1 aromatic rings. The van der Waals surface area contributed by atoms with Crippen LogP contribution in [0.4, 0.5) is 5.95 Å². The molecule has 1 aromatic heterocycles. The second kappa shape index (κ2) is 5.11. The van der Waals surface area contributed by atoms with E-state index in [0.29, 0.717) is 0 Å². The molecule has 2 aliphatic heterocycles. The summed E-state index contributed by atoms with van der Waals surface area (Å²) in [7, 11) is -0.402. The summed E-state index contributed by atoms with van der Waals surface area (Å²) in [5, 5.41) is 0. The fourth-order valence-electron chi connectivity index (χ4n) is 2.40. The van der Waals surface area contributed by atoms with Gasteiger partial charge in [0.1, 0.15) is 0 Å². The molecule has 3 heterocycles. The molecule has 0 unspecified atom stereocenters. The lowest BCUT2D eigenvalue weighted by molar-refractivity contribution is 0.00578. The third-order valence-electron chi connectivity index (χ3n) is 4.50. The van der Waals surface area contributed by atoms with Crippen LogP contribution in [-0.4, -0.2) is 34.8 Å². The summed E-state index contributed by atoms with van der Waals surface area (Å²) >= 11 is 0. The van der Waals surface area contributed by atoms with Gasteiger partial charge in [-0.25, -0.2) is 9.97 Å². The van der Waals surface area contributed by atoms with Gasteiger partial charge in [-0.15, -0.1) is 0 Å². The van der Waals surface area contributed by atoms with Crippen molar-refractivity contribution in [1.29, 1.82) is 0 Å². The Kier molecular flexibility index (Phi) is 3.53. The van der Waals surface area contributed by atoms with E-state index in [1.165, 1.54) is 0 Å². The smallest absolute Gasteiger partial charge is 0.399 e. The summed E-state index contributed by atoms with van der Waals surface area (Å²) < 4.78 is 12.0. The van der Waals surface area contributed by atoms with Crippen LogP contribution < -0.4 is 10.4 Å². The van der Waals surface area contributed by atoms with Crippen molar-refractivity contribution in [3.63, 3.8) is 0 Å². The molecule has 0 aliphatic carbocycles. The van der Waals surface area contributed by atoms with Crippen LogP contribution >= 0.6 is 0 Å². The minimum atomic E-state index is -0.402. The first-order valence-electron chi connectivity index (χ1n) is 7.50. The largest absolute Gasteiger partial charge is 0.498 e. The highest BCUT2D eigenvalue weighted by Crippen LogP contribution is 2.36. The van der Waals surface area contributed by atoms with Gasteiger partial charge in [0.2, 0.25) is 5.95 Å². The molecule has 0 atom stereocenters. The minimum absolute atomic E-state index is 0.341. The van der Waals surface area contributed by atoms with E-state index < -0.39 is 7.12 Å². The van der Waals surface area contributed by atoms with Crippen LogP contribution in [0, 0.1) is 0 Å². The summed E-state index contributed by atoms with van der Waals surface area (Å²) in [5.74, 6) is 0.728. The van der Waals surface area contributed by atoms with Gasteiger partial charge in [0, 0.05) is 30.6 Å². The molecule has 0 amide bonds. The predicted molar refractivity (Wildman–Crippen MR) is 83.5 cm³/mol. The van der Waals surface area contributed by atoms with Crippen molar-refractivity contribution in [2.45, 2.75) is 51.7 Å². The number of hydrogen-bond acceptors (Lipinski definition) is 5. The van der Waals surface area contributed by atoms with Crippen molar-refractivity contribution in [1.82, 2.24) is 9.97 Å². The molecule has 0 radical (unpaired) electrons. The molecule has 3 rings (SSSR count). The van der Waals surface area contributed by atoms with Crippen LogP contribution in [0.15, 0.2) is 24.7 Å². The van der Waals surface area contributed by atoms with Gasteiger partial charge in [0.05, 0.1) is 11.2 Å². The first kappa shape index (κ1) is 14.5. The average molecular weight is 287 g/mol. The van der Waals surface area contributed by atoms with Crippen LogP contribution in [0.25, 0.3) is 0 Å². The molecular formula is C15H22BN3O2. The second-order valence-corrected chi connectivity index (χ2v) is 6.63. The molecular weight excluding hydrogens is 265 g/mol. The Balaban J connectivity index is 1.76. The van der Waals surface area contributed by atoms with E-state index >= 15 is 0 Å². The number of allylic oxidation sites excluding steroid dienone is 1. The topological polar surface area (TPSA) is 47.5 Å². The maximum absolute atomic E-state index is 6.01. The highest BCUT2D eigenvalue weighted by molar-refractivity contribution is 6.61. The molecule has 6 heteroatoms. The van der Waals surface area contributed by atoms with Crippen LogP contribution in [0.2, 0.25) is 0 Å². The van der Waals surface area contributed by atoms with E-state index in [0.717, 1.165) is 30.8 Å². The maximum Gasteiger partial charge on any atom is 0.498 e. The molecule has 0 spiro atoms. The Hall–Kier alpha value is -1.40. The summed E-state index contributed by atoms with van der Waals surface area (Å²) in [6.45, 7) is 9.13. The first-order valence-corrected chi connectivity index (χ1v) is 7.50. The van der Waals surface area contributed by atoms with Gasteiger partial charge in [-0.05, 0) is 40.5 Å². The van der Waals surface area contributed by atoms with E-state index in [1.54, 1.807) is 12.4 Å². The summed E-state index contributed by atoms with van der Waals surface area (Å²) in [6.07, 6.45) is 10.1. The van der Waals surface area contributed by atoms with Gasteiger partial charge in [-0.2, -0.15) is 0 Å². The molecule has 112 valence electrons. The Labute approximate surface area is 126 Å². The van der Waals surface area contributed by atoms with Gasteiger partial charge in [0.15, 0.2) is 0 Å². The predicted octanol–water partition coefficient (Wildman–Crippen LogP) is 1.89. The van der Waals surface area contributed by atoms with Crippen molar-refractivity contribution >= 4 is 18.5 Å². The highest BCUT2D eigenvalue weighted by atomic mass is 16.7. The van der Waals surface area contributed by atoms with Crippen molar-refractivity contribution in [2.24, 2.45) is 0 Å². The van der Waals surface area contributed by atoms with Gasteiger partial charge >= 0.3 is 7.12 Å². The summed E-state index contributed by atoms with van der Waals surface area (Å²) in [5.41, 5.74) is 0.177. The van der Waals surface area contributed by atoms with Gasteiger partial charge < -0.3 is 14.2 Å². The number of nitrogens with zero attached hydrogens (tertiary/aromatic N) is 3. The molecule has 1 fully saturated rings. The van der Waals surface area contributed by atoms with Crippen molar-refractivity contribution in [3.8, 4) is 0 Å². The lowest BCUT2D eigenvalue weighted by Gasteiger charge is -2.32. The summed E-state index contributed by atoms with van der Waals surface area (Å²) in [6, 6.07) is 0. The molecule has 21 heavy (non-hydrogen) atoms. The van der Waals surface area contributed by atoms with Crippen LogP contribution in [0.5, 0.6) is 0 Å². The molecule has 2 aliphatic rings. The third kappa shape index (κ3) is 2.70. The van der Waals surface area contributed by atoms with E-state index in [9.17, 15) is 0 Å². The van der Waals surface area contributed by atoms with Crippen LogP contribution in [0.1, 0.15) is 40.5 Å². The molecule has 0 saturated carbocycles. The minimum Gasteiger partial charge on any atom is -0.399 e. The van der Waals surface area contributed by atoms with E-state index in [2.05, 4.69) is 20.9 Å². The van der Waals surface area contributed by atoms with E-state index in [4.69, 9.17) is 9.31 Å². The Morgan fingerprint density at radius 1 is 1.10 bits per heavy atom. The van der Waals surface area contributed by atoms with Gasteiger partial charge in [-0.3, -0.25) is 0 Å². The Bertz CT molecular complexity index is 526. The number of hydrogen-bond donors (Lipinski definition) is 0. The third-order valence-corrected chi connectivity index (χ3v) is 4.50. The molecule has 5 nitrogen and oxygen atoms in total. The Morgan fingerprint density at radius 2 is 1.71 bits per heavy atom. The normalized spacial score (nSPS) is 23.6. The van der Waals surface area contributed by atoms with Crippen molar-refractivity contribution in [3.05, 3.63) is 24.7 Å². The standard InChI is InChI=1S/C15H22BN3O2/c1-14(2)15(3,4)21-16(20-14)12-10-17-13(18-11-12)19-8-6-5-7-9-19/h6,8,10-11H,5,7,9H2,1-4H3. The number of rotatable bonds is 2. The quantitative estimate of drug-likeness (QED) is 0.777. The molecule has 0 N–H and O–H groups in total. The highest BCUT2D eigenvalue weighted by Gasteiger charge is 2.51. The van der Waals surface area contributed by atoms with Crippen LogP contribution in [-0.2, 0) is 9.31 Å². The lowest BCUT2D eigenvalue weighted by Crippen LogP contribution is -2.41. The molecule has 0 bridgehead atoms. The SMILES string of the molecule is CC1(C)OB(c2cnc(N3C=CCCC3)nc2)OC1(C)C. The monoisotopic (exact) mass is 287 g/mol. The van der Waals surface area contributed by atoms with Crippen molar-refractivity contribution in [2.75, 3.05) is 11.4 Å². The Morgan fingerprint density at radius 3 is 2.24 bits per heavy atom. The number of anilines is 1. The fourth-order valence-corrected chi connectivity index (χ4v) is 2.40. The van der Waals surface area contributed by atoms with Crippen LogP contribution in [0.3, 0.4) is 0 Å². The zero-order valence-corrected chi connectivity index (χ0v) is 13.2. The fraction of sp³-hybridized carbons (Fsp3) is 0.600. The van der Waals surface area contributed by atoms with Gasteiger partial charge in [-0.1, -0.05) is 6.08 Å². The molecule has 1 saturated heterocycles. The second-order valence-electron chi connectivity index (χ2n) is 6.63. The van der Waals surface area contributed by atoms with Gasteiger partial charge in [0.25, 0.3) is 0 Å². The van der Waals surface area contributed by atoms with E-state index in [-0.39, 0.29) is 11.2 Å². The lowest BCUT2D eigenvalue weighted by atomic mass is 9.81. The zero-order valence-electron chi connectivity index (χ0n) is 13.2. The average Bonchev–Trinajstić information content (AvgIpc) is 2.69. The number of aromatic nitrogens is 2. The van der Waals surface area contributed by atoms with Crippen molar-refractivity contribution < 1.29 is 9.31 Å². The molecule has 0 aromatic carbocycles. The first-order chi connectivity index (χ1) is 9.89.